The first kappa shape index (κ1) is 23.5. The number of hydrogen-bond donors (Lipinski definition) is 1. The Balaban J connectivity index is 1.90. The van der Waals surface area contributed by atoms with Gasteiger partial charge in [-0.2, -0.15) is 0 Å². The Labute approximate surface area is 188 Å². The van der Waals surface area contributed by atoms with E-state index in [4.69, 9.17) is 9.47 Å². The second-order valence-electron chi connectivity index (χ2n) is 8.29. The van der Waals surface area contributed by atoms with E-state index in [0.29, 0.717) is 29.5 Å². The van der Waals surface area contributed by atoms with Crippen LogP contribution in [0.2, 0.25) is 0 Å². The van der Waals surface area contributed by atoms with Crippen LogP contribution in [0.15, 0.2) is 54.2 Å². The number of benzene rings is 2. The maximum absolute atomic E-state index is 13.3. The van der Waals surface area contributed by atoms with Crippen molar-refractivity contribution in [3.8, 4) is 5.75 Å². The van der Waals surface area contributed by atoms with Crippen LogP contribution in [0.4, 0.5) is 10.1 Å². The van der Waals surface area contributed by atoms with Crippen LogP contribution in [-0.4, -0.2) is 42.6 Å². The summed E-state index contributed by atoms with van der Waals surface area (Å²) >= 11 is 0. The van der Waals surface area contributed by atoms with Gasteiger partial charge in [-0.15, -0.1) is 0 Å². The van der Waals surface area contributed by atoms with Crippen LogP contribution in [0, 0.1) is 11.7 Å². The smallest absolute Gasteiger partial charge is 0.278 e. The Morgan fingerprint density at radius 1 is 0.938 bits per heavy atom. The molecule has 0 spiro atoms. The van der Waals surface area contributed by atoms with Crippen molar-refractivity contribution in [2.45, 2.75) is 33.8 Å². The molecule has 6 nitrogen and oxygen atoms in total. The summed E-state index contributed by atoms with van der Waals surface area (Å²) in [5.74, 6) is -0.151. The zero-order valence-electron chi connectivity index (χ0n) is 18.9. The van der Waals surface area contributed by atoms with Crippen LogP contribution >= 0.6 is 0 Å². The molecule has 0 aliphatic carbocycles. The first-order valence-corrected chi connectivity index (χ1v) is 10.7. The average molecular weight is 441 g/mol. The highest BCUT2D eigenvalue weighted by atomic mass is 19.1. The molecule has 170 valence electrons. The lowest BCUT2D eigenvalue weighted by atomic mass is 10.0. The summed E-state index contributed by atoms with van der Waals surface area (Å²) in [4.78, 5) is 27.5. The highest BCUT2D eigenvalue weighted by Crippen LogP contribution is 2.31. The number of rotatable bonds is 10. The fourth-order valence-electron chi connectivity index (χ4n) is 3.20. The standard InChI is InChI=1S/C25H29FN2O4/c1-16(2)15-32-21-11-5-18(6-12-21)22-23(27-20-9-7-19(26)8-10-20)25(30)28(24(22)29)13-14-31-17(3)4/h5-12,16-17,27H,13-15H2,1-4H3. The largest absolute Gasteiger partial charge is 0.493 e. The third kappa shape index (κ3) is 5.73. The van der Waals surface area contributed by atoms with Gasteiger partial charge < -0.3 is 14.8 Å². The minimum absolute atomic E-state index is 0.00886. The normalized spacial score (nSPS) is 14.2. The van der Waals surface area contributed by atoms with Gasteiger partial charge in [0.05, 0.1) is 31.4 Å². The molecule has 1 heterocycles. The lowest BCUT2D eigenvalue weighted by molar-refractivity contribution is -0.137. The van der Waals surface area contributed by atoms with E-state index in [1.54, 1.807) is 24.3 Å². The first-order valence-electron chi connectivity index (χ1n) is 10.7. The topological polar surface area (TPSA) is 67.9 Å². The zero-order chi connectivity index (χ0) is 23.3. The molecule has 2 aromatic rings. The summed E-state index contributed by atoms with van der Waals surface area (Å²) in [5, 5.41) is 3.01. The number of nitrogens with zero attached hydrogens (tertiary/aromatic N) is 1. The number of hydrogen-bond acceptors (Lipinski definition) is 5. The highest BCUT2D eigenvalue weighted by molar-refractivity contribution is 6.36. The number of amides is 2. The third-order valence-electron chi connectivity index (χ3n) is 4.77. The number of imide groups is 1. The quantitative estimate of drug-likeness (QED) is 0.552. The van der Waals surface area contributed by atoms with Gasteiger partial charge in [0.15, 0.2) is 0 Å². The van der Waals surface area contributed by atoms with Crippen molar-refractivity contribution < 1.29 is 23.5 Å². The Kier molecular flexibility index (Phi) is 7.64. The van der Waals surface area contributed by atoms with Gasteiger partial charge in [-0.3, -0.25) is 14.5 Å². The van der Waals surface area contributed by atoms with Gasteiger partial charge >= 0.3 is 0 Å². The van der Waals surface area contributed by atoms with Crippen LogP contribution in [0.3, 0.4) is 0 Å². The van der Waals surface area contributed by atoms with Crippen LogP contribution in [0.5, 0.6) is 5.75 Å². The van der Waals surface area contributed by atoms with Crippen LogP contribution in [0.1, 0.15) is 33.3 Å². The van der Waals surface area contributed by atoms with Gasteiger partial charge in [0.1, 0.15) is 17.3 Å². The Morgan fingerprint density at radius 3 is 2.19 bits per heavy atom. The van der Waals surface area contributed by atoms with Gasteiger partial charge in [0, 0.05) is 5.69 Å². The second-order valence-corrected chi connectivity index (χ2v) is 8.29. The van der Waals surface area contributed by atoms with Crippen LogP contribution in [-0.2, 0) is 14.3 Å². The molecule has 1 aliphatic heterocycles. The maximum Gasteiger partial charge on any atom is 0.278 e. The summed E-state index contributed by atoms with van der Waals surface area (Å²) in [6.07, 6.45) is -0.00886. The van der Waals surface area contributed by atoms with Crippen LogP contribution in [0.25, 0.3) is 5.57 Å². The van der Waals surface area contributed by atoms with E-state index < -0.39 is 11.8 Å². The van der Waals surface area contributed by atoms with Crippen molar-refractivity contribution in [1.29, 1.82) is 0 Å². The molecule has 2 amide bonds. The number of nitrogens with one attached hydrogen (secondary N) is 1. The van der Waals surface area contributed by atoms with Gasteiger partial charge in [-0.25, -0.2) is 4.39 Å². The predicted molar refractivity (Wildman–Crippen MR) is 122 cm³/mol. The van der Waals surface area contributed by atoms with E-state index in [9.17, 15) is 14.0 Å². The van der Waals surface area contributed by atoms with E-state index in [2.05, 4.69) is 19.2 Å². The van der Waals surface area contributed by atoms with Crippen molar-refractivity contribution in [3.05, 3.63) is 65.6 Å². The third-order valence-corrected chi connectivity index (χ3v) is 4.77. The molecule has 0 bridgehead atoms. The van der Waals surface area contributed by atoms with Crippen molar-refractivity contribution in [2.24, 2.45) is 5.92 Å². The summed E-state index contributed by atoms with van der Waals surface area (Å²) < 4.78 is 24.5. The molecular formula is C25H29FN2O4. The van der Waals surface area contributed by atoms with Crippen molar-refractivity contribution in [3.63, 3.8) is 0 Å². The zero-order valence-corrected chi connectivity index (χ0v) is 18.9. The van der Waals surface area contributed by atoms with Gasteiger partial charge in [-0.1, -0.05) is 26.0 Å². The molecular weight excluding hydrogens is 411 g/mol. The molecule has 7 heteroatoms. The summed E-state index contributed by atoms with van der Waals surface area (Å²) in [7, 11) is 0. The molecule has 0 radical (unpaired) electrons. The minimum Gasteiger partial charge on any atom is -0.493 e. The maximum atomic E-state index is 13.3. The van der Waals surface area contributed by atoms with E-state index in [1.165, 1.54) is 29.2 Å². The SMILES string of the molecule is CC(C)COc1ccc(C2=C(Nc3ccc(F)cc3)C(=O)N(CCOC(C)C)C2=O)cc1. The van der Waals surface area contributed by atoms with E-state index in [1.807, 2.05) is 13.8 Å². The molecule has 3 rings (SSSR count). The van der Waals surface area contributed by atoms with Gasteiger partial charge in [0.25, 0.3) is 11.8 Å². The highest BCUT2D eigenvalue weighted by Gasteiger charge is 2.39. The fourth-order valence-corrected chi connectivity index (χ4v) is 3.20. The molecule has 0 saturated heterocycles. The van der Waals surface area contributed by atoms with Gasteiger partial charge in [-0.05, 0) is 61.7 Å². The van der Waals surface area contributed by atoms with Crippen LogP contribution < -0.4 is 10.1 Å². The lowest BCUT2D eigenvalue weighted by Gasteiger charge is -2.16. The summed E-state index contributed by atoms with van der Waals surface area (Å²) in [5.41, 5.74) is 1.52. The number of anilines is 1. The molecule has 0 saturated carbocycles. The summed E-state index contributed by atoms with van der Waals surface area (Å²) in [6.45, 7) is 8.88. The van der Waals surface area contributed by atoms with E-state index in [-0.39, 0.29) is 36.3 Å². The number of halogens is 1. The predicted octanol–water partition coefficient (Wildman–Crippen LogP) is 4.48. The number of ether oxygens (including phenoxy) is 2. The Hall–Kier alpha value is -3.19. The van der Waals surface area contributed by atoms with Crippen molar-refractivity contribution in [2.75, 3.05) is 25.1 Å². The first-order chi connectivity index (χ1) is 15.3. The second kappa shape index (κ2) is 10.4. The number of carbonyl (C=O) groups is 2. The minimum atomic E-state index is -0.443. The monoisotopic (exact) mass is 440 g/mol. The number of carbonyl (C=O) groups excluding carboxylic acids is 2. The summed E-state index contributed by atoms with van der Waals surface area (Å²) in [6, 6.07) is 12.7. The van der Waals surface area contributed by atoms with Crippen molar-refractivity contribution >= 4 is 23.1 Å². The Bertz CT molecular complexity index is 982. The Morgan fingerprint density at radius 2 is 1.59 bits per heavy atom. The fraction of sp³-hybridized carbons (Fsp3) is 0.360. The molecule has 1 aliphatic rings. The average Bonchev–Trinajstić information content (AvgIpc) is 2.98. The molecule has 2 aromatic carbocycles. The van der Waals surface area contributed by atoms with Crippen molar-refractivity contribution in [1.82, 2.24) is 4.90 Å². The van der Waals surface area contributed by atoms with Gasteiger partial charge in [0.2, 0.25) is 0 Å². The molecule has 0 fully saturated rings. The lowest BCUT2D eigenvalue weighted by Crippen LogP contribution is -2.35. The molecule has 0 unspecified atom stereocenters. The van der Waals surface area contributed by atoms with E-state index in [0.717, 1.165) is 0 Å². The molecule has 0 atom stereocenters. The molecule has 1 N–H and O–H groups in total. The molecule has 32 heavy (non-hydrogen) atoms. The molecule has 0 aromatic heterocycles. The van der Waals surface area contributed by atoms with E-state index >= 15 is 0 Å².